The van der Waals surface area contributed by atoms with Gasteiger partial charge in [0, 0.05) is 16.5 Å². The van der Waals surface area contributed by atoms with Gasteiger partial charge in [-0.25, -0.2) is 0 Å². The minimum atomic E-state index is 0.301. The van der Waals surface area contributed by atoms with E-state index < -0.39 is 0 Å². The van der Waals surface area contributed by atoms with Crippen molar-refractivity contribution in [1.29, 1.82) is 0 Å². The van der Waals surface area contributed by atoms with E-state index in [0.717, 1.165) is 23.6 Å². The summed E-state index contributed by atoms with van der Waals surface area (Å²) in [6, 6.07) is 16.5. The van der Waals surface area contributed by atoms with Crippen LogP contribution >= 0.6 is 11.6 Å². The Kier molecular flexibility index (Phi) is 3.48. The largest absolute Gasteiger partial charge is 0.490 e. The molecule has 0 fully saturated rings. The van der Waals surface area contributed by atoms with Crippen LogP contribution in [0.25, 0.3) is 0 Å². The van der Waals surface area contributed by atoms with Crippen LogP contribution in [0.1, 0.15) is 36.8 Å². The Bertz CT molecular complexity index is 562. The fourth-order valence-corrected chi connectivity index (χ4v) is 2.88. The molecule has 0 radical (unpaired) electrons. The molecule has 2 aromatic carbocycles. The molecule has 0 amide bonds. The third-order valence-electron chi connectivity index (χ3n) is 3.81. The molecule has 0 spiro atoms. The molecule has 19 heavy (non-hydrogen) atoms. The van der Waals surface area contributed by atoms with E-state index in [9.17, 15) is 0 Å². The highest BCUT2D eigenvalue weighted by Gasteiger charge is 2.28. The minimum Gasteiger partial charge on any atom is -0.490 e. The number of para-hydroxylation sites is 1. The lowest BCUT2D eigenvalue weighted by atomic mass is 9.84. The third kappa shape index (κ3) is 2.48. The van der Waals surface area contributed by atoms with Crippen molar-refractivity contribution in [3.8, 4) is 5.75 Å². The highest BCUT2D eigenvalue weighted by molar-refractivity contribution is 6.30. The van der Waals surface area contributed by atoms with E-state index in [1.807, 2.05) is 18.2 Å². The van der Waals surface area contributed by atoms with Gasteiger partial charge in [-0.2, -0.15) is 0 Å². The second-order valence-electron chi connectivity index (χ2n) is 5.03. The summed E-state index contributed by atoms with van der Waals surface area (Å²) in [5.74, 6) is 1.44. The van der Waals surface area contributed by atoms with Gasteiger partial charge in [-0.15, -0.1) is 0 Å². The van der Waals surface area contributed by atoms with Crippen molar-refractivity contribution in [1.82, 2.24) is 0 Å². The topological polar surface area (TPSA) is 9.23 Å². The third-order valence-corrected chi connectivity index (χ3v) is 4.07. The molecule has 98 valence electrons. The molecule has 1 heterocycles. The van der Waals surface area contributed by atoms with Crippen molar-refractivity contribution in [2.45, 2.75) is 31.8 Å². The molecular weight excluding hydrogens is 256 g/mol. The van der Waals surface area contributed by atoms with E-state index >= 15 is 0 Å². The summed E-state index contributed by atoms with van der Waals surface area (Å²) in [5.41, 5.74) is 2.60. The van der Waals surface area contributed by atoms with Gasteiger partial charge in [0.25, 0.3) is 0 Å². The highest BCUT2D eigenvalue weighted by Crippen LogP contribution is 2.41. The smallest absolute Gasteiger partial charge is 0.123 e. The quantitative estimate of drug-likeness (QED) is 0.745. The molecular formula is C17H17ClO. The first-order valence-electron chi connectivity index (χ1n) is 6.79. The zero-order chi connectivity index (χ0) is 13.2. The van der Waals surface area contributed by atoms with E-state index in [4.69, 9.17) is 16.3 Å². The predicted octanol–water partition coefficient (Wildman–Crippen LogP) is 5.03. The molecule has 0 aliphatic carbocycles. The van der Waals surface area contributed by atoms with Crippen LogP contribution in [0.4, 0.5) is 0 Å². The lowest BCUT2D eigenvalue weighted by Crippen LogP contribution is -2.25. The van der Waals surface area contributed by atoms with E-state index in [0.29, 0.717) is 12.0 Å². The number of rotatable bonds is 2. The molecule has 1 nitrogen and oxygen atoms in total. The van der Waals surface area contributed by atoms with Crippen LogP contribution in [0.2, 0.25) is 5.02 Å². The molecule has 2 heteroatoms. The summed E-state index contributed by atoms with van der Waals surface area (Å²) in [4.78, 5) is 0. The summed E-state index contributed by atoms with van der Waals surface area (Å²) >= 11 is 5.98. The summed E-state index contributed by atoms with van der Waals surface area (Å²) in [6.45, 7) is 2.18. The molecule has 0 N–H and O–H groups in total. The zero-order valence-corrected chi connectivity index (χ0v) is 11.7. The van der Waals surface area contributed by atoms with E-state index in [1.54, 1.807) is 0 Å². The van der Waals surface area contributed by atoms with Crippen molar-refractivity contribution in [3.63, 3.8) is 0 Å². The van der Waals surface area contributed by atoms with Crippen LogP contribution in [-0.4, -0.2) is 6.10 Å². The van der Waals surface area contributed by atoms with Gasteiger partial charge >= 0.3 is 0 Å². The summed E-state index contributed by atoms with van der Waals surface area (Å²) in [6.07, 6.45) is 2.38. The fourth-order valence-electron chi connectivity index (χ4n) is 2.75. The summed E-state index contributed by atoms with van der Waals surface area (Å²) in [5, 5.41) is 0.788. The summed E-state index contributed by atoms with van der Waals surface area (Å²) < 4.78 is 6.03. The Morgan fingerprint density at radius 2 is 1.84 bits per heavy atom. The number of halogens is 1. The Labute approximate surface area is 119 Å². The number of fused-ring (bicyclic) bond motifs is 1. The van der Waals surface area contributed by atoms with Gasteiger partial charge in [0.05, 0.1) is 6.10 Å². The van der Waals surface area contributed by atoms with Crippen molar-refractivity contribution < 1.29 is 4.74 Å². The summed E-state index contributed by atoms with van der Waals surface area (Å²) in [7, 11) is 0. The number of hydrogen-bond donors (Lipinski definition) is 0. The molecule has 0 saturated carbocycles. The van der Waals surface area contributed by atoms with Gasteiger partial charge in [0.2, 0.25) is 0 Å². The van der Waals surface area contributed by atoms with Gasteiger partial charge < -0.3 is 4.74 Å². The molecule has 2 atom stereocenters. The van der Waals surface area contributed by atoms with Gasteiger partial charge in [0.15, 0.2) is 0 Å². The second-order valence-corrected chi connectivity index (χ2v) is 5.46. The van der Waals surface area contributed by atoms with Crippen LogP contribution in [0.5, 0.6) is 5.75 Å². The van der Waals surface area contributed by atoms with E-state index in [2.05, 4.69) is 37.3 Å². The lowest BCUT2D eigenvalue weighted by molar-refractivity contribution is 0.161. The lowest BCUT2D eigenvalue weighted by Gasteiger charge is -2.32. The molecule has 0 aromatic heterocycles. The number of benzene rings is 2. The van der Waals surface area contributed by atoms with E-state index in [1.165, 1.54) is 11.1 Å². The predicted molar refractivity (Wildman–Crippen MR) is 79.1 cm³/mol. The maximum atomic E-state index is 6.03. The van der Waals surface area contributed by atoms with Crippen molar-refractivity contribution in [2.24, 2.45) is 0 Å². The standard InChI is InChI=1S/C17H17ClO/c1-2-14-11-16(12-7-9-13(18)10-8-12)15-5-3-4-6-17(15)19-14/h3-10,14,16H,2,11H2,1H3. The van der Waals surface area contributed by atoms with Gasteiger partial charge in [0.1, 0.15) is 5.75 Å². The van der Waals surface area contributed by atoms with Crippen LogP contribution in [0.15, 0.2) is 48.5 Å². The maximum absolute atomic E-state index is 6.03. The molecule has 1 aliphatic heterocycles. The Balaban J connectivity index is 2.02. The van der Waals surface area contributed by atoms with Gasteiger partial charge in [-0.3, -0.25) is 0 Å². The second kappa shape index (κ2) is 5.26. The van der Waals surface area contributed by atoms with Gasteiger partial charge in [-0.05, 0) is 36.6 Å². The van der Waals surface area contributed by atoms with Crippen LogP contribution in [0.3, 0.4) is 0 Å². The van der Waals surface area contributed by atoms with Gasteiger partial charge in [-0.1, -0.05) is 48.9 Å². The maximum Gasteiger partial charge on any atom is 0.123 e. The SMILES string of the molecule is CCC1CC(c2ccc(Cl)cc2)c2ccccc2O1. The average Bonchev–Trinajstić information content (AvgIpc) is 2.47. The van der Waals surface area contributed by atoms with Crippen molar-refractivity contribution in [2.75, 3.05) is 0 Å². The minimum absolute atomic E-state index is 0.301. The highest BCUT2D eigenvalue weighted by atomic mass is 35.5. The van der Waals surface area contributed by atoms with Crippen LogP contribution in [0, 0.1) is 0 Å². The van der Waals surface area contributed by atoms with E-state index in [-0.39, 0.29) is 0 Å². The van der Waals surface area contributed by atoms with Crippen molar-refractivity contribution >= 4 is 11.6 Å². The number of ether oxygens (including phenoxy) is 1. The Hall–Kier alpha value is -1.47. The Morgan fingerprint density at radius 3 is 2.58 bits per heavy atom. The fraction of sp³-hybridized carbons (Fsp3) is 0.294. The normalized spacial score (nSPS) is 21.6. The molecule has 3 rings (SSSR count). The van der Waals surface area contributed by atoms with Crippen LogP contribution < -0.4 is 4.74 Å². The Morgan fingerprint density at radius 1 is 1.11 bits per heavy atom. The first-order chi connectivity index (χ1) is 9.28. The number of hydrogen-bond acceptors (Lipinski definition) is 1. The first-order valence-corrected chi connectivity index (χ1v) is 7.16. The van der Waals surface area contributed by atoms with Crippen molar-refractivity contribution in [3.05, 3.63) is 64.7 Å². The molecule has 1 aliphatic rings. The molecule has 0 bridgehead atoms. The average molecular weight is 273 g/mol. The zero-order valence-electron chi connectivity index (χ0n) is 11.0. The van der Waals surface area contributed by atoms with Crippen LogP contribution in [-0.2, 0) is 0 Å². The monoisotopic (exact) mass is 272 g/mol. The molecule has 2 aromatic rings. The first kappa shape index (κ1) is 12.6. The molecule has 2 unspecified atom stereocenters. The molecule has 0 saturated heterocycles.